The summed E-state index contributed by atoms with van der Waals surface area (Å²) in [6.45, 7) is 3.76. The molecule has 0 saturated carbocycles. The first kappa shape index (κ1) is 11.0. The maximum atomic E-state index is 11.8. The van der Waals surface area contributed by atoms with E-state index in [1.54, 1.807) is 12.1 Å². The summed E-state index contributed by atoms with van der Waals surface area (Å²) < 4.78 is 10.4. The van der Waals surface area contributed by atoms with Crippen molar-refractivity contribution >= 4 is 5.91 Å². The van der Waals surface area contributed by atoms with Crippen LogP contribution >= 0.6 is 0 Å². The number of carbonyl (C=O) groups excluding carboxylic acids is 1. The van der Waals surface area contributed by atoms with Crippen LogP contribution in [-0.4, -0.2) is 31.8 Å². The zero-order valence-electron chi connectivity index (χ0n) is 9.23. The molecule has 0 aromatic heterocycles. The lowest BCUT2D eigenvalue weighted by Gasteiger charge is -2.09. The summed E-state index contributed by atoms with van der Waals surface area (Å²) in [5.74, 6) is 0.513. The van der Waals surface area contributed by atoms with E-state index < -0.39 is 0 Å². The fourth-order valence-corrected chi connectivity index (χ4v) is 1.42. The van der Waals surface area contributed by atoms with Gasteiger partial charge in [0, 0.05) is 6.54 Å². The Morgan fingerprint density at radius 2 is 2.31 bits per heavy atom. The van der Waals surface area contributed by atoms with Gasteiger partial charge in [0.15, 0.2) is 0 Å². The van der Waals surface area contributed by atoms with Gasteiger partial charge in [0.25, 0.3) is 5.91 Å². The summed E-state index contributed by atoms with van der Waals surface area (Å²) in [4.78, 5) is 11.8. The molecule has 4 nitrogen and oxygen atoms in total. The van der Waals surface area contributed by atoms with Crippen LogP contribution in [0.25, 0.3) is 0 Å². The minimum absolute atomic E-state index is 0.112. The first-order valence-electron chi connectivity index (χ1n) is 5.43. The first-order chi connectivity index (χ1) is 7.81. The molecule has 1 aromatic carbocycles. The lowest BCUT2D eigenvalue weighted by Crippen LogP contribution is -2.27. The molecular weight excluding hydrogens is 206 g/mol. The molecule has 16 heavy (non-hydrogen) atoms. The van der Waals surface area contributed by atoms with E-state index >= 15 is 0 Å². The van der Waals surface area contributed by atoms with Crippen molar-refractivity contribution in [3.63, 3.8) is 0 Å². The molecule has 1 aromatic rings. The van der Waals surface area contributed by atoms with Crippen LogP contribution in [0.4, 0.5) is 0 Å². The van der Waals surface area contributed by atoms with Gasteiger partial charge in [0.05, 0.1) is 24.9 Å². The number of rotatable bonds is 5. The van der Waals surface area contributed by atoms with Gasteiger partial charge < -0.3 is 14.8 Å². The smallest absolute Gasteiger partial charge is 0.255 e. The lowest BCUT2D eigenvalue weighted by molar-refractivity contribution is 0.0946. The Hall–Kier alpha value is -1.55. The number of para-hydroxylation sites is 1. The van der Waals surface area contributed by atoms with Crippen molar-refractivity contribution in [1.82, 2.24) is 5.32 Å². The summed E-state index contributed by atoms with van der Waals surface area (Å²) in [6.07, 6.45) is 0.197. The second-order valence-electron chi connectivity index (χ2n) is 3.59. The van der Waals surface area contributed by atoms with E-state index in [9.17, 15) is 4.79 Å². The SMILES string of the molecule is CCOc1ccccc1C(=O)NCC1CO1. The fraction of sp³-hybridized carbons (Fsp3) is 0.417. The molecule has 1 aliphatic heterocycles. The molecule has 4 heteroatoms. The van der Waals surface area contributed by atoms with Gasteiger partial charge in [-0.1, -0.05) is 12.1 Å². The average molecular weight is 221 g/mol. The van der Waals surface area contributed by atoms with Gasteiger partial charge >= 0.3 is 0 Å². The maximum Gasteiger partial charge on any atom is 0.255 e. The number of hydrogen-bond acceptors (Lipinski definition) is 3. The Balaban J connectivity index is 2.01. The largest absolute Gasteiger partial charge is 0.493 e. The predicted octanol–water partition coefficient (Wildman–Crippen LogP) is 1.21. The molecule has 2 rings (SSSR count). The topological polar surface area (TPSA) is 50.9 Å². The van der Waals surface area contributed by atoms with Crippen molar-refractivity contribution in [3.05, 3.63) is 29.8 Å². The Morgan fingerprint density at radius 1 is 1.56 bits per heavy atom. The van der Waals surface area contributed by atoms with E-state index in [0.717, 1.165) is 6.61 Å². The highest BCUT2D eigenvalue weighted by molar-refractivity contribution is 5.96. The maximum absolute atomic E-state index is 11.8. The fourth-order valence-electron chi connectivity index (χ4n) is 1.42. The predicted molar refractivity (Wildman–Crippen MR) is 59.7 cm³/mol. The van der Waals surface area contributed by atoms with Crippen LogP contribution in [0, 0.1) is 0 Å². The molecule has 1 heterocycles. The van der Waals surface area contributed by atoms with E-state index in [1.165, 1.54) is 0 Å². The highest BCUT2D eigenvalue weighted by Crippen LogP contribution is 2.18. The number of amides is 1. The molecule has 1 N–H and O–H groups in total. The van der Waals surface area contributed by atoms with E-state index in [2.05, 4.69) is 5.32 Å². The number of carbonyl (C=O) groups is 1. The number of ether oxygens (including phenoxy) is 2. The molecule has 86 valence electrons. The highest BCUT2D eigenvalue weighted by Gasteiger charge is 2.23. The molecule has 0 spiro atoms. The number of benzene rings is 1. The van der Waals surface area contributed by atoms with Crippen molar-refractivity contribution in [2.45, 2.75) is 13.0 Å². The second-order valence-corrected chi connectivity index (χ2v) is 3.59. The van der Waals surface area contributed by atoms with E-state index in [1.807, 2.05) is 19.1 Å². The zero-order valence-corrected chi connectivity index (χ0v) is 9.23. The van der Waals surface area contributed by atoms with Gasteiger partial charge in [-0.15, -0.1) is 0 Å². The second kappa shape index (κ2) is 4.99. The third kappa shape index (κ3) is 2.73. The summed E-state index contributed by atoms with van der Waals surface area (Å²) >= 11 is 0. The average Bonchev–Trinajstić information content (AvgIpc) is 3.11. The van der Waals surface area contributed by atoms with Gasteiger partial charge in [0.2, 0.25) is 0 Å². The zero-order chi connectivity index (χ0) is 11.4. The Morgan fingerprint density at radius 3 is 3.00 bits per heavy atom. The highest BCUT2D eigenvalue weighted by atomic mass is 16.6. The van der Waals surface area contributed by atoms with Crippen LogP contribution in [0.1, 0.15) is 17.3 Å². The van der Waals surface area contributed by atoms with Gasteiger partial charge in [-0.3, -0.25) is 4.79 Å². The normalized spacial score (nSPS) is 17.9. The van der Waals surface area contributed by atoms with Gasteiger partial charge in [0.1, 0.15) is 5.75 Å². The Kier molecular flexibility index (Phi) is 3.41. The molecule has 0 aliphatic carbocycles. The molecule has 1 atom stereocenters. The summed E-state index contributed by atoms with van der Waals surface area (Å²) in [6, 6.07) is 7.23. The van der Waals surface area contributed by atoms with Gasteiger partial charge in [-0.25, -0.2) is 0 Å². The third-order valence-electron chi connectivity index (χ3n) is 2.32. The van der Waals surface area contributed by atoms with Crippen molar-refractivity contribution in [3.8, 4) is 5.75 Å². The number of epoxide rings is 1. The molecular formula is C12H15NO3. The molecule has 1 fully saturated rings. The van der Waals surface area contributed by atoms with Crippen molar-refractivity contribution in [2.75, 3.05) is 19.8 Å². The van der Waals surface area contributed by atoms with E-state index in [-0.39, 0.29) is 12.0 Å². The van der Waals surface area contributed by atoms with Crippen LogP contribution < -0.4 is 10.1 Å². The molecule has 0 radical (unpaired) electrons. The van der Waals surface area contributed by atoms with E-state index in [4.69, 9.17) is 9.47 Å². The van der Waals surface area contributed by atoms with Gasteiger partial charge in [-0.2, -0.15) is 0 Å². The monoisotopic (exact) mass is 221 g/mol. The third-order valence-corrected chi connectivity index (χ3v) is 2.32. The van der Waals surface area contributed by atoms with Gasteiger partial charge in [-0.05, 0) is 19.1 Å². The summed E-state index contributed by atoms with van der Waals surface area (Å²) in [5, 5.41) is 2.82. The quantitative estimate of drug-likeness (QED) is 0.760. The molecule has 1 aliphatic rings. The molecule has 1 amide bonds. The van der Waals surface area contributed by atoms with Crippen LogP contribution in [0.3, 0.4) is 0 Å². The first-order valence-corrected chi connectivity index (χ1v) is 5.43. The summed E-state index contributed by atoms with van der Waals surface area (Å²) in [7, 11) is 0. The Labute approximate surface area is 94.6 Å². The minimum Gasteiger partial charge on any atom is -0.493 e. The van der Waals surface area contributed by atoms with Crippen LogP contribution in [-0.2, 0) is 4.74 Å². The van der Waals surface area contributed by atoms with Crippen LogP contribution in [0.5, 0.6) is 5.75 Å². The van der Waals surface area contributed by atoms with Crippen molar-refractivity contribution < 1.29 is 14.3 Å². The minimum atomic E-state index is -0.112. The van der Waals surface area contributed by atoms with Crippen LogP contribution in [0.2, 0.25) is 0 Å². The molecule has 0 bridgehead atoms. The standard InChI is InChI=1S/C12H15NO3/c1-2-15-11-6-4-3-5-10(11)12(14)13-7-9-8-16-9/h3-6,9H,2,7-8H2,1H3,(H,13,14). The van der Waals surface area contributed by atoms with E-state index in [0.29, 0.717) is 24.5 Å². The number of nitrogens with one attached hydrogen (secondary N) is 1. The molecule has 1 unspecified atom stereocenters. The Bertz CT molecular complexity index is 374. The molecule has 1 saturated heterocycles. The number of hydrogen-bond donors (Lipinski definition) is 1. The van der Waals surface area contributed by atoms with Crippen molar-refractivity contribution in [2.24, 2.45) is 0 Å². The lowest BCUT2D eigenvalue weighted by atomic mass is 10.2. The van der Waals surface area contributed by atoms with Crippen LogP contribution in [0.15, 0.2) is 24.3 Å². The summed E-state index contributed by atoms with van der Waals surface area (Å²) in [5.41, 5.74) is 0.574. The van der Waals surface area contributed by atoms with Crippen molar-refractivity contribution in [1.29, 1.82) is 0 Å².